The number of nitrogens with one attached hydrogen (secondary N) is 2. The Balaban J connectivity index is 1.01. The Hall–Kier alpha value is -4.74. The number of piperidine rings is 1. The van der Waals surface area contributed by atoms with Crippen molar-refractivity contribution in [2.24, 2.45) is 5.92 Å². The van der Waals surface area contributed by atoms with E-state index in [4.69, 9.17) is 14.5 Å². The third kappa shape index (κ3) is 7.24. The molecular weight excluding hydrogens is 576 g/mol. The lowest BCUT2D eigenvalue weighted by molar-refractivity contribution is -0.115. The molecule has 2 N–H and O–H groups in total. The molecule has 4 aromatic rings. The van der Waals surface area contributed by atoms with E-state index in [2.05, 4.69) is 25.5 Å². The van der Waals surface area contributed by atoms with E-state index in [1.807, 2.05) is 66.7 Å². The predicted octanol–water partition coefficient (Wildman–Crippen LogP) is 5.67. The summed E-state index contributed by atoms with van der Waals surface area (Å²) in [5.41, 5.74) is 3.34. The first kappa shape index (κ1) is 29.3. The largest absolute Gasteiger partial charge is 0.495 e. The minimum Gasteiger partial charge on any atom is -0.495 e. The van der Waals surface area contributed by atoms with Crippen LogP contribution >= 0.6 is 11.8 Å². The Kier molecular flexibility index (Phi) is 9.14. The molecule has 2 fully saturated rings. The maximum atomic E-state index is 11.9. The summed E-state index contributed by atoms with van der Waals surface area (Å²) in [7, 11) is 1.67. The van der Waals surface area contributed by atoms with Crippen molar-refractivity contribution in [1.82, 2.24) is 25.6 Å². The number of amides is 2. The highest BCUT2D eigenvalue weighted by atomic mass is 32.2. The molecular formula is C33H32N6O4S. The maximum Gasteiger partial charge on any atom is 0.290 e. The molecule has 0 atom stereocenters. The van der Waals surface area contributed by atoms with Crippen LogP contribution in [0.1, 0.15) is 24.2 Å². The number of carbonyl (C=O) groups excluding carboxylic acids is 2. The van der Waals surface area contributed by atoms with E-state index >= 15 is 0 Å². The summed E-state index contributed by atoms with van der Waals surface area (Å²) in [6.07, 6.45) is 5.30. The monoisotopic (exact) mass is 608 g/mol. The van der Waals surface area contributed by atoms with Crippen LogP contribution in [0.2, 0.25) is 0 Å². The Morgan fingerprint density at radius 2 is 1.75 bits per heavy atom. The number of ether oxygens (including phenoxy) is 2. The number of hydrogen-bond donors (Lipinski definition) is 2. The predicted molar refractivity (Wildman–Crippen MR) is 171 cm³/mol. The van der Waals surface area contributed by atoms with Crippen molar-refractivity contribution in [2.75, 3.05) is 31.6 Å². The zero-order valence-corrected chi connectivity index (χ0v) is 25.0. The van der Waals surface area contributed by atoms with Crippen molar-refractivity contribution in [1.29, 1.82) is 0 Å². The normalized spacial score (nSPS) is 16.3. The first-order chi connectivity index (χ1) is 21.5. The summed E-state index contributed by atoms with van der Waals surface area (Å²) in [6.45, 7) is 3.13. The van der Waals surface area contributed by atoms with E-state index in [9.17, 15) is 9.59 Å². The van der Waals surface area contributed by atoms with E-state index in [1.54, 1.807) is 25.4 Å². The second kappa shape index (κ2) is 13.7. The number of imide groups is 1. The summed E-state index contributed by atoms with van der Waals surface area (Å²) in [5.74, 6) is 3.07. The molecule has 2 aromatic heterocycles. The van der Waals surface area contributed by atoms with Gasteiger partial charge < -0.3 is 19.7 Å². The molecule has 0 unspecified atom stereocenters. The molecule has 0 bridgehead atoms. The van der Waals surface area contributed by atoms with Crippen LogP contribution in [0.25, 0.3) is 17.3 Å². The van der Waals surface area contributed by atoms with Gasteiger partial charge >= 0.3 is 0 Å². The van der Waals surface area contributed by atoms with Crippen LogP contribution in [0.15, 0.2) is 83.9 Å². The lowest BCUT2D eigenvalue weighted by Gasteiger charge is -2.32. The van der Waals surface area contributed by atoms with Gasteiger partial charge in [0.1, 0.15) is 17.2 Å². The Morgan fingerprint density at radius 1 is 0.977 bits per heavy atom. The Labute approximate surface area is 259 Å². The first-order valence-electron chi connectivity index (χ1n) is 14.4. The smallest absolute Gasteiger partial charge is 0.290 e. The summed E-state index contributed by atoms with van der Waals surface area (Å²) < 4.78 is 11.5. The number of para-hydroxylation sites is 1. The SMILES string of the molecule is COc1ccc(-c2ccc(Oc3ccccc3)cc2)nc1CNCC1CCN(c2nccc(/C=C3/SC(=O)NC3=O)n2)CC1. The van der Waals surface area contributed by atoms with E-state index in [1.165, 1.54) is 0 Å². The lowest BCUT2D eigenvalue weighted by Crippen LogP contribution is -2.38. The van der Waals surface area contributed by atoms with Gasteiger partial charge in [-0.05, 0) is 97.7 Å². The van der Waals surface area contributed by atoms with E-state index in [0.29, 0.717) is 29.0 Å². The number of carbonyl (C=O) groups is 2. The maximum absolute atomic E-state index is 11.9. The number of hydrogen-bond acceptors (Lipinski definition) is 10. The molecule has 0 aliphatic carbocycles. The molecule has 2 aliphatic heterocycles. The molecule has 10 nitrogen and oxygen atoms in total. The molecule has 6 rings (SSSR count). The van der Waals surface area contributed by atoms with Crippen molar-refractivity contribution < 1.29 is 19.1 Å². The zero-order chi connectivity index (χ0) is 30.3. The molecule has 2 aliphatic rings. The standard InChI is InChI=1S/C33H32N6O4S/c1-42-29-12-11-27(23-7-9-26(10-8-23)43-25-5-3-2-4-6-25)37-28(29)21-34-20-22-14-17-39(18-15-22)32-35-16-13-24(36-32)19-30-31(40)38-33(41)44-30/h2-13,16,19,22,34H,14-15,17-18,20-21H2,1H3,(H,38,40,41)/b30-19+. The number of pyridine rings is 1. The first-order valence-corrected chi connectivity index (χ1v) is 15.3. The third-order valence-corrected chi connectivity index (χ3v) is 8.30. The molecule has 224 valence electrons. The zero-order valence-electron chi connectivity index (χ0n) is 24.2. The van der Waals surface area contributed by atoms with Gasteiger partial charge in [0.25, 0.3) is 11.1 Å². The highest BCUT2D eigenvalue weighted by molar-refractivity contribution is 8.18. The fourth-order valence-corrected chi connectivity index (χ4v) is 5.83. The van der Waals surface area contributed by atoms with Crippen LogP contribution < -0.4 is 25.0 Å². The molecule has 0 saturated carbocycles. The summed E-state index contributed by atoms with van der Waals surface area (Å²) in [6, 6.07) is 23.3. The summed E-state index contributed by atoms with van der Waals surface area (Å²) in [4.78, 5) is 39.8. The Morgan fingerprint density at radius 3 is 2.48 bits per heavy atom. The molecule has 4 heterocycles. The lowest BCUT2D eigenvalue weighted by atomic mass is 9.97. The van der Waals surface area contributed by atoms with E-state index in [-0.39, 0.29) is 5.24 Å². The number of thioether (sulfide) groups is 1. The van der Waals surface area contributed by atoms with Gasteiger partial charge in [-0.25, -0.2) is 15.0 Å². The fraction of sp³-hybridized carbons (Fsp3) is 0.242. The van der Waals surface area contributed by atoms with Gasteiger partial charge in [-0.2, -0.15) is 0 Å². The van der Waals surface area contributed by atoms with Crippen LogP contribution in [0.4, 0.5) is 10.7 Å². The van der Waals surface area contributed by atoms with Gasteiger partial charge in [0, 0.05) is 31.4 Å². The Bertz CT molecular complexity index is 1660. The van der Waals surface area contributed by atoms with Crippen LogP contribution in [0, 0.1) is 5.92 Å². The molecule has 11 heteroatoms. The average Bonchev–Trinajstić information content (AvgIpc) is 3.38. The molecule has 2 amide bonds. The fourth-order valence-electron chi connectivity index (χ4n) is 5.16. The highest BCUT2D eigenvalue weighted by Gasteiger charge is 2.26. The minimum absolute atomic E-state index is 0.340. The summed E-state index contributed by atoms with van der Waals surface area (Å²) in [5, 5.41) is 5.48. The quantitative estimate of drug-likeness (QED) is 0.218. The van der Waals surface area contributed by atoms with Crippen LogP contribution in [0.3, 0.4) is 0 Å². The number of methoxy groups -OCH3 is 1. The van der Waals surface area contributed by atoms with Crippen molar-refractivity contribution in [3.8, 4) is 28.5 Å². The van der Waals surface area contributed by atoms with E-state index in [0.717, 1.165) is 78.4 Å². The molecule has 44 heavy (non-hydrogen) atoms. The number of benzene rings is 2. The van der Waals surface area contributed by atoms with Gasteiger partial charge in [-0.3, -0.25) is 14.9 Å². The van der Waals surface area contributed by atoms with Gasteiger partial charge in [-0.1, -0.05) is 18.2 Å². The molecule has 2 saturated heterocycles. The topological polar surface area (TPSA) is 119 Å². The van der Waals surface area contributed by atoms with Gasteiger partial charge in [0.05, 0.1) is 29.1 Å². The van der Waals surface area contributed by atoms with Crippen LogP contribution in [-0.4, -0.2) is 52.8 Å². The number of rotatable bonds is 10. The number of aromatic nitrogens is 3. The highest BCUT2D eigenvalue weighted by Crippen LogP contribution is 2.28. The third-order valence-electron chi connectivity index (χ3n) is 7.49. The van der Waals surface area contributed by atoms with E-state index < -0.39 is 5.91 Å². The summed E-state index contributed by atoms with van der Waals surface area (Å²) >= 11 is 0.882. The second-order valence-corrected chi connectivity index (χ2v) is 11.5. The van der Waals surface area contributed by atoms with Gasteiger partial charge in [0.2, 0.25) is 5.95 Å². The minimum atomic E-state index is -0.392. The number of anilines is 1. The van der Waals surface area contributed by atoms with Crippen LogP contribution in [-0.2, 0) is 11.3 Å². The van der Waals surface area contributed by atoms with Crippen molar-refractivity contribution in [3.05, 3.63) is 95.3 Å². The molecule has 2 aromatic carbocycles. The second-order valence-electron chi connectivity index (χ2n) is 10.5. The van der Waals surface area contributed by atoms with Crippen molar-refractivity contribution in [3.63, 3.8) is 0 Å². The molecule has 0 radical (unpaired) electrons. The molecule has 0 spiro atoms. The average molecular weight is 609 g/mol. The van der Waals surface area contributed by atoms with Crippen molar-refractivity contribution >= 4 is 34.9 Å². The number of nitrogens with zero attached hydrogens (tertiary/aromatic N) is 4. The van der Waals surface area contributed by atoms with Gasteiger partial charge in [0.15, 0.2) is 0 Å². The van der Waals surface area contributed by atoms with Gasteiger partial charge in [-0.15, -0.1) is 0 Å². The van der Waals surface area contributed by atoms with Crippen LogP contribution in [0.5, 0.6) is 17.2 Å². The van der Waals surface area contributed by atoms with Crippen molar-refractivity contribution in [2.45, 2.75) is 19.4 Å².